The highest BCUT2D eigenvalue weighted by Gasteiger charge is 2.17. The third-order valence-corrected chi connectivity index (χ3v) is 3.86. The molecular weight excluding hydrogens is 192 g/mol. The van der Waals surface area contributed by atoms with Gasteiger partial charge in [0.05, 0.1) is 0 Å². The Morgan fingerprint density at radius 2 is 2.07 bits per heavy atom. The first kappa shape index (κ1) is 8.18. The molecule has 0 atom stereocenters. The molecule has 0 saturated heterocycles. The highest BCUT2D eigenvalue weighted by molar-refractivity contribution is 7.17. The highest BCUT2D eigenvalue weighted by Crippen LogP contribution is 2.31. The van der Waals surface area contributed by atoms with E-state index < -0.39 is 0 Å². The van der Waals surface area contributed by atoms with E-state index in [2.05, 4.69) is 23.6 Å². The normalized spacial score (nSPS) is 15.9. The molecule has 0 saturated carbocycles. The number of carbonyl (C=O) groups is 1. The molecule has 1 aromatic carbocycles. The summed E-state index contributed by atoms with van der Waals surface area (Å²) >= 11 is 1.75. The van der Waals surface area contributed by atoms with Gasteiger partial charge >= 0.3 is 0 Å². The van der Waals surface area contributed by atoms with E-state index in [1.165, 1.54) is 21.2 Å². The van der Waals surface area contributed by atoms with E-state index in [1.807, 2.05) is 0 Å². The molecule has 0 unspecified atom stereocenters. The van der Waals surface area contributed by atoms with Gasteiger partial charge in [0, 0.05) is 17.5 Å². The fourth-order valence-electron chi connectivity index (χ4n) is 2.12. The molecule has 0 aliphatic heterocycles. The fraction of sp³-hybridized carbons (Fsp3) is 0.250. The zero-order chi connectivity index (χ0) is 9.54. The van der Waals surface area contributed by atoms with Crippen molar-refractivity contribution in [2.45, 2.75) is 19.3 Å². The number of benzene rings is 1. The van der Waals surface area contributed by atoms with Gasteiger partial charge in [-0.2, -0.15) is 0 Å². The summed E-state index contributed by atoms with van der Waals surface area (Å²) in [6.45, 7) is 0. The number of ketones is 1. The van der Waals surface area contributed by atoms with Crippen LogP contribution in [0.2, 0.25) is 0 Å². The molecule has 1 aliphatic carbocycles. The summed E-state index contributed by atoms with van der Waals surface area (Å²) in [5, 5.41) is 3.38. The maximum Gasteiger partial charge on any atom is 0.137 e. The first-order valence-corrected chi connectivity index (χ1v) is 5.72. The summed E-state index contributed by atoms with van der Waals surface area (Å²) in [4.78, 5) is 11.4. The molecule has 0 radical (unpaired) electrons. The molecule has 14 heavy (non-hydrogen) atoms. The Bertz CT molecular complexity index is 510. The van der Waals surface area contributed by atoms with E-state index >= 15 is 0 Å². The molecule has 70 valence electrons. The lowest BCUT2D eigenvalue weighted by molar-refractivity contribution is -0.118. The van der Waals surface area contributed by atoms with Gasteiger partial charge in [-0.05, 0) is 34.4 Å². The highest BCUT2D eigenvalue weighted by atomic mass is 32.1. The van der Waals surface area contributed by atoms with Gasteiger partial charge in [-0.3, -0.25) is 4.79 Å². The summed E-state index contributed by atoms with van der Waals surface area (Å²) < 4.78 is 1.32. The summed E-state index contributed by atoms with van der Waals surface area (Å²) in [7, 11) is 0. The fourth-order valence-corrected chi connectivity index (χ4v) is 3.09. The number of Topliss-reactive ketones (excluding diaryl/α,β-unsaturated/α-hetero) is 1. The SMILES string of the molecule is O=C1CCc2ccc3ccsc3c2C1. The second kappa shape index (κ2) is 2.92. The van der Waals surface area contributed by atoms with Gasteiger partial charge in [-0.1, -0.05) is 12.1 Å². The Kier molecular flexibility index (Phi) is 1.71. The van der Waals surface area contributed by atoms with Crippen molar-refractivity contribution in [1.82, 2.24) is 0 Å². The predicted octanol–water partition coefficient (Wildman–Crippen LogP) is 2.96. The average molecular weight is 202 g/mol. The lowest BCUT2D eigenvalue weighted by Gasteiger charge is -2.15. The molecule has 3 rings (SSSR count). The molecule has 2 heteroatoms. The number of aryl methyl sites for hydroxylation is 1. The van der Waals surface area contributed by atoms with E-state index in [0.29, 0.717) is 12.2 Å². The van der Waals surface area contributed by atoms with E-state index in [-0.39, 0.29) is 0 Å². The largest absolute Gasteiger partial charge is 0.299 e. The van der Waals surface area contributed by atoms with Crippen molar-refractivity contribution < 1.29 is 4.79 Å². The molecule has 1 aliphatic rings. The monoisotopic (exact) mass is 202 g/mol. The third-order valence-electron chi connectivity index (χ3n) is 2.87. The van der Waals surface area contributed by atoms with E-state index in [0.717, 1.165) is 12.8 Å². The van der Waals surface area contributed by atoms with Crippen LogP contribution in [0.1, 0.15) is 17.5 Å². The predicted molar refractivity (Wildman–Crippen MR) is 58.9 cm³/mol. The molecule has 0 amide bonds. The quantitative estimate of drug-likeness (QED) is 0.642. The topological polar surface area (TPSA) is 17.1 Å². The third kappa shape index (κ3) is 1.11. The Balaban J connectivity index is 2.31. The van der Waals surface area contributed by atoms with Crippen LogP contribution in [-0.4, -0.2) is 5.78 Å². The Morgan fingerprint density at radius 1 is 1.14 bits per heavy atom. The summed E-state index contributed by atoms with van der Waals surface area (Å²) in [6, 6.07) is 6.47. The summed E-state index contributed by atoms with van der Waals surface area (Å²) in [5.74, 6) is 0.387. The summed E-state index contributed by atoms with van der Waals surface area (Å²) in [6.07, 6.45) is 2.30. The lowest BCUT2D eigenvalue weighted by atomic mass is 9.90. The van der Waals surface area contributed by atoms with Gasteiger partial charge in [-0.15, -0.1) is 11.3 Å². The first-order chi connectivity index (χ1) is 6.84. The van der Waals surface area contributed by atoms with Crippen LogP contribution in [0.4, 0.5) is 0 Å². The van der Waals surface area contributed by atoms with E-state index in [9.17, 15) is 4.79 Å². The van der Waals surface area contributed by atoms with Gasteiger partial charge in [-0.25, -0.2) is 0 Å². The number of rotatable bonds is 0. The molecule has 1 nitrogen and oxygen atoms in total. The number of hydrogen-bond donors (Lipinski definition) is 0. The van der Waals surface area contributed by atoms with E-state index in [1.54, 1.807) is 11.3 Å². The van der Waals surface area contributed by atoms with Crippen molar-refractivity contribution in [1.29, 1.82) is 0 Å². The van der Waals surface area contributed by atoms with Crippen LogP contribution in [0, 0.1) is 0 Å². The van der Waals surface area contributed by atoms with Crippen LogP contribution >= 0.6 is 11.3 Å². The number of carbonyl (C=O) groups excluding carboxylic acids is 1. The van der Waals surface area contributed by atoms with Gasteiger partial charge in [0.1, 0.15) is 5.78 Å². The van der Waals surface area contributed by atoms with Crippen molar-refractivity contribution in [2.24, 2.45) is 0 Å². The van der Waals surface area contributed by atoms with Gasteiger partial charge in [0.2, 0.25) is 0 Å². The minimum atomic E-state index is 0.387. The van der Waals surface area contributed by atoms with Crippen LogP contribution in [0.5, 0.6) is 0 Å². The maximum atomic E-state index is 11.4. The molecule has 1 heterocycles. The second-order valence-corrected chi connectivity index (χ2v) is 4.67. The Labute approximate surface area is 86.4 Å². The molecule has 0 spiro atoms. The Morgan fingerprint density at radius 3 is 3.00 bits per heavy atom. The van der Waals surface area contributed by atoms with Crippen molar-refractivity contribution in [3.63, 3.8) is 0 Å². The van der Waals surface area contributed by atoms with Gasteiger partial charge in [0.25, 0.3) is 0 Å². The molecule has 0 N–H and O–H groups in total. The van der Waals surface area contributed by atoms with Crippen LogP contribution in [-0.2, 0) is 17.6 Å². The van der Waals surface area contributed by atoms with Crippen LogP contribution < -0.4 is 0 Å². The molecule has 1 aromatic heterocycles. The standard InChI is InChI=1S/C12H10OS/c13-10-4-3-8-1-2-9-5-6-14-12(9)11(8)7-10/h1-2,5-6H,3-4,7H2. The average Bonchev–Trinajstić information content (AvgIpc) is 2.65. The van der Waals surface area contributed by atoms with Gasteiger partial charge in [0.15, 0.2) is 0 Å². The van der Waals surface area contributed by atoms with E-state index in [4.69, 9.17) is 0 Å². The molecule has 0 bridgehead atoms. The maximum absolute atomic E-state index is 11.4. The Hall–Kier alpha value is -1.15. The van der Waals surface area contributed by atoms with Crippen LogP contribution in [0.15, 0.2) is 23.6 Å². The van der Waals surface area contributed by atoms with Crippen LogP contribution in [0.3, 0.4) is 0 Å². The van der Waals surface area contributed by atoms with Gasteiger partial charge < -0.3 is 0 Å². The zero-order valence-electron chi connectivity index (χ0n) is 7.75. The van der Waals surface area contributed by atoms with Crippen LogP contribution in [0.25, 0.3) is 10.1 Å². The summed E-state index contributed by atoms with van der Waals surface area (Å²) in [5.41, 5.74) is 2.66. The van der Waals surface area contributed by atoms with Crippen molar-refractivity contribution >= 4 is 27.2 Å². The molecule has 0 fully saturated rings. The first-order valence-electron chi connectivity index (χ1n) is 4.84. The zero-order valence-corrected chi connectivity index (χ0v) is 8.56. The van der Waals surface area contributed by atoms with Crippen molar-refractivity contribution in [3.8, 4) is 0 Å². The second-order valence-electron chi connectivity index (χ2n) is 3.76. The number of thiophene rings is 1. The smallest absolute Gasteiger partial charge is 0.137 e. The minimum Gasteiger partial charge on any atom is -0.299 e. The molecular formula is C12H10OS. The minimum absolute atomic E-state index is 0.387. The number of hydrogen-bond acceptors (Lipinski definition) is 2. The number of fused-ring (bicyclic) bond motifs is 3. The van der Waals surface area contributed by atoms with Crippen molar-refractivity contribution in [3.05, 3.63) is 34.7 Å². The lowest BCUT2D eigenvalue weighted by Crippen LogP contribution is -2.12. The van der Waals surface area contributed by atoms with Crippen molar-refractivity contribution in [2.75, 3.05) is 0 Å². The molecule has 2 aromatic rings.